The average Bonchev–Trinajstić information content (AvgIpc) is 3.11. The van der Waals surface area contributed by atoms with Gasteiger partial charge in [0, 0.05) is 4.47 Å². The first-order chi connectivity index (χ1) is 14.1. The predicted molar refractivity (Wildman–Crippen MR) is 138 cm³/mol. The lowest BCUT2D eigenvalue weighted by Gasteiger charge is -2.11. The number of fused-ring (bicyclic) bond motifs is 1. The van der Waals surface area contributed by atoms with Crippen molar-refractivity contribution in [2.75, 3.05) is 5.43 Å². The Morgan fingerprint density at radius 1 is 1.07 bits per heavy atom. The van der Waals surface area contributed by atoms with Crippen LogP contribution in [0.4, 0.5) is 5.95 Å². The fourth-order valence-corrected chi connectivity index (χ4v) is 5.09. The number of halogens is 3. The summed E-state index contributed by atoms with van der Waals surface area (Å²) in [5.74, 6) is 1.50. The Kier molecular flexibility index (Phi) is 6.70. The van der Waals surface area contributed by atoms with E-state index in [0.29, 0.717) is 12.6 Å². The highest BCUT2D eigenvalue weighted by Crippen LogP contribution is 2.29. The van der Waals surface area contributed by atoms with Crippen LogP contribution in [0.15, 0.2) is 70.2 Å². The number of hydrogen-bond donors (Lipinski definition) is 2. The first-order valence-electron chi connectivity index (χ1n) is 8.68. The number of nitrogens with zero attached hydrogens (tertiary/aromatic N) is 2. The van der Waals surface area contributed by atoms with Crippen molar-refractivity contribution in [3.05, 3.63) is 83.4 Å². The molecule has 3 aromatic carbocycles. The highest BCUT2D eigenvalue weighted by atomic mass is 127. The van der Waals surface area contributed by atoms with Crippen LogP contribution >= 0.6 is 61.1 Å². The molecular formula is C21H15BrI2N4O. The number of anilines is 1. The Hall–Kier alpha value is -1.66. The molecular weight excluding hydrogens is 658 g/mol. The molecule has 5 nitrogen and oxygen atoms in total. The van der Waals surface area contributed by atoms with Crippen LogP contribution in [0.1, 0.15) is 11.1 Å². The SMILES string of the molecule is Brc1ccc(COc2c(I)cc(/C=N\Nc3nc4ccccc4[nH]3)cc2I)cc1. The second kappa shape index (κ2) is 9.43. The molecule has 1 heterocycles. The summed E-state index contributed by atoms with van der Waals surface area (Å²) in [6.07, 6.45) is 1.77. The number of hydrazone groups is 1. The van der Waals surface area contributed by atoms with Gasteiger partial charge >= 0.3 is 0 Å². The standard InChI is InChI=1S/C21H15BrI2N4O/c22-15-7-5-13(6-8-15)12-29-20-16(23)9-14(10-17(20)24)11-25-28-21-26-18-3-1-2-4-19(18)27-21/h1-11H,12H2,(H2,26,27,28)/b25-11-. The van der Waals surface area contributed by atoms with E-state index in [2.05, 4.69) is 93.7 Å². The summed E-state index contributed by atoms with van der Waals surface area (Å²) in [5.41, 5.74) is 6.94. The van der Waals surface area contributed by atoms with Gasteiger partial charge in [-0.2, -0.15) is 5.10 Å². The van der Waals surface area contributed by atoms with Crippen molar-refractivity contribution in [2.24, 2.45) is 5.10 Å². The van der Waals surface area contributed by atoms with E-state index in [1.807, 2.05) is 48.5 Å². The molecule has 29 heavy (non-hydrogen) atoms. The maximum Gasteiger partial charge on any atom is 0.222 e. The van der Waals surface area contributed by atoms with E-state index in [1.54, 1.807) is 6.21 Å². The quantitative estimate of drug-likeness (QED) is 0.139. The Bertz CT molecular complexity index is 1120. The zero-order valence-electron chi connectivity index (χ0n) is 15.0. The van der Waals surface area contributed by atoms with Crippen molar-refractivity contribution in [1.82, 2.24) is 9.97 Å². The van der Waals surface area contributed by atoms with Gasteiger partial charge in [0.15, 0.2) is 0 Å². The van der Waals surface area contributed by atoms with Gasteiger partial charge in [-0.05, 0) is 92.7 Å². The molecule has 1 aromatic heterocycles. The number of hydrogen-bond acceptors (Lipinski definition) is 4. The second-order valence-electron chi connectivity index (χ2n) is 6.20. The Labute approximate surface area is 203 Å². The van der Waals surface area contributed by atoms with Crippen molar-refractivity contribution in [2.45, 2.75) is 6.61 Å². The van der Waals surface area contributed by atoms with Crippen molar-refractivity contribution in [3.63, 3.8) is 0 Å². The number of para-hydroxylation sites is 2. The average molecular weight is 673 g/mol. The zero-order chi connectivity index (χ0) is 20.2. The number of rotatable bonds is 6. The summed E-state index contributed by atoms with van der Waals surface area (Å²) in [6.45, 7) is 0.528. The smallest absolute Gasteiger partial charge is 0.222 e. The monoisotopic (exact) mass is 672 g/mol. The minimum absolute atomic E-state index is 0.528. The Morgan fingerprint density at radius 2 is 1.79 bits per heavy atom. The molecule has 4 rings (SSSR count). The van der Waals surface area contributed by atoms with Crippen LogP contribution in [-0.2, 0) is 6.61 Å². The number of aromatic nitrogens is 2. The molecule has 0 radical (unpaired) electrons. The normalized spacial score (nSPS) is 11.3. The summed E-state index contributed by atoms with van der Waals surface area (Å²) in [5, 5.41) is 4.30. The van der Waals surface area contributed by atoms with E-state index in [-0.39, 0.29) is 0 Å². The Morgan fingerprint density at radius 3 is 2.52 bits per heavy atom. The third-order valence-electron chi connectivity index (χ3n) is 4.09. The van der Waals surface area contributed by atoms with Crippen LogP contribution in [-0.4, -0.2) is 16.2 Å². The molecule has 0 saturated carbocycles. The van der Waals surface area contributed by atoms with Gasteiger partial charge in [-0.1, -0.05) is 40.2 Å². The maximum absolute atomic E-state index is 6.05. The summed E-state index contributed by atoms with van der Waals surface area (Å²) in [6, 6.07) is 20.1. The highest BCUT2D eigenvalue weighted by molar-refractivity contribution is 14.1. The molecule has 0 aliphatic heterocycles. The van der Waals surface area contributed by atoms with Crippen molar-refractivity contribution in [3.8, 4) is 5.75 Å². The van der Waals surface area contributed by atoms with E-state index >= 15 is 0 Å². The van der Waals surface area contributed by atoms with Crippen LogP contribution in [0.3, 0.4) is 0 Å². The fourth-order valence-electron chi connectivity index (χ4n) is 2.70. The molecule has 0 saturated heterocycles. The van der Waals surface area contributed by atoms with Gasteiger partial charge in [0.25, 0.3) is 0 Å². The molecule has 0 unspecified atom stereocenters. The summed E-state index contributed by atoms with van der Waals surface area (Å²) < 4.78 is 9.19. The third-order valence-corrected chi connectivity index (χ3v) is 6.22. The van der Waals surface area contributed by atoms with Crippen molar-refractivity contribution in [1.29, 1.82) is 0 Å². The lowest BCUT2D eigenvalue weighted by atomic mass is 10.2. The predicted octanol–water partition coefficient (Wildman–Crippen LogP) is 6.56. The number of H-pyrrole nitrogens is 1. The zero-order valence-corrected chi connectivity index (χ0v) is 20.9. The minimum atomic E-state index is 0.528. The molecule has 0 bridgehead atoms. The number of ether oxygens (including phenoxy) is 1. The van der Waals surface area contributed by atoms with E-state index < -0.39 is 0 Å². The molecule has 0 spiro atoms. The molecule has 8 heteroatoms. The topological polar surface area (TPSA) is 62.3 Å². The number of nitrogens with one attached hydrogen (secondary N) is 2. The number of imidazole rings is 1. The van der Waals surface area contributed by atoms with E-state index in [9.17, 15) is 0 Å². The van der Waals surface area contributed by atoms with Crippen LogP contribution in [0.2, 0.25) is 0 Å². The van der Waals surface area contributed by atoms with Gasteiger partial charge in [0.1, 0.15) is 12.4 Å². The molecule has 4 aromatic rings. The van der Waals surface area contributed by atoms with Crippen LogP contribution in [0, 0.1) is 7.14 Å². The van der Waals surface area contributed by atoms with Gasteiger partial charge < -0.3 is 9.72 Å². The van der Waals surface area contributed by atoms with Crippen molar-refractivity contribution < 1.29 is 4.74 Å². The molecule has 0 aliphatic carbocycles. The number of benzene rings is 3. The second-order valence-corrected chi connectivity index (χ2v) is 9.44. The maximum atomic E-state index is 6.05. The van der Waals surface area contributed by atoms with Crippen LogP contribution in [0.25, 0.3) is 11.0 Å². The summed E-state index contributed by atoms with van der Waals surface area (Å²) in [4.78, 5) is 7.63. The minimum Gasteiger partial charge on any atom is -0.487 e. The lowest BCUT2D eigenvalue weighted by Crippen LogP contribution is -2.00. The molecule has 0 aliphatic rings. The first-order valence-corrected chi connectivity index (χ1v) is 11.6. The molecule has 0 fully saturated rings. The molecule has 0 amide bonds. The van der Waals surface area contributed by atoms with Gasteiger partial charge in [-0.3, -0.25) is 0 Å². The molecule has 146 valence electrons. The molecule has 0 atom stereocenters. The van der Waals surface area contributed by atoms with Crippen LogP contribution < -0.4 is 10.2 Å². The fraction of sp³-hybridized carbons (Fsp3) is 0.0476. The first kappa shape index (κ1) is 20.6. The summed E-state index contributed by atoms with van der Waals surface area (Å²) in [7, 11) is 0. The lowest BCUT2D eigenvalue weighted by molar-refractivity contribution is 0.301. The summed E-state index contributed by atoms with van der Waals surface area (Å²) >= 11 is 8.04. The van der Waals surface area contributed by atoms with E-state index in [4.69, 9.17) is 4.74 Å². The molecule has 2 N–H and O–H groups in total. The Balaban J connectivity index is 1.43. The van der Waals surface area contributed by atoms with Gasteiger partial charge in [-0.15, -0.1) is 0 Å². The largest absolute Gasteiger partial charge is 0.487 e. The van der Waals surface area contributed by atoms with Gasteiger partial charge in [0.05, 0.1) is 24.4 Å². The van der Waals surface area contributed by atoms with Crippen LogP contribution in [0.5, 0.6) is 5.75 Å². The third kappa shape index (κ3) is 5.28. The number of aromatic amines is 1. The highest BCUT2D eigenvalue weighted by Gasteiger charge is 2.09. The van der Waals surface area contributed by atoms with Gasteiger partial charge in [0.2, 0.25) is 5.95 Å². The van der Waals surface area contributed by atoms with Gasteiger partial charge in [-0.25, -0.2) is 10.4 Å². The van der Waals surface area contributed by atoms with Crippen molar-refractivity contribution >= 4 is 84.3 Å². The van der Waals surface area contributed by atoms with E-state index in [0.717, 1.165) is 39.5 Å². The van der Waals surface area contributed by atoms with E-state index in [1.165, 1.54) is 0 Å².